The molecule has 0 bridgehead atoms. The third-order valence-electron chi connectivity index (χ3n) is 4.29. The Labute approximate surface area is 156 Å². The summed E-state index contributed by atoms with van der Waals surface area (Å²) in [6.07, 6.45) is 0. The van der Waals surface area contributed by atoms with Crippen molar-refractivity contribution in [1.29, 1.82) is 0 Å². The van der Waals surface area contributed by atoms with Crippen molar-refractivity contribution in [3.63, 3.8) is 0 Å². The first kappa shape index (κ1) is 18.1. The molecule has 8 nitrogen and oxygen atoms in total. The molecule has 138 valence electrons. The molecule has 0 saturated carbocycles. The van der Waals surface area contributed by atoms with Gasteiger partial charge in [-0.15, -0.1) is 0 Å². The maximum Gasteiger partial charge on any atom is 0.268 e. The Balaban J connectivity index is 2.33. The first-order chi connectivity index (χ1) is 12.3. The van der Waals surface area contributed by atoms with Gasteiger partial charge >= 0.3 is 0 Å². The number of H-pyrrole nitrogens is 4. The Kier molecular flexibility index (Phi) is 4.82. The number of benzene rings is 1. The van der Waals surface area contributed by atoms with E-state index in [1.165, 1.54) is 0 Å². The van der Waals surface area contributed by atoms with Crippen LogP contribution >= 0.6 is 15.9 Å². The van der Waals surface area contributed by atoms with Crippen LogP contribution in [-0.2, 0) is 0 Å². The van der Waals surface area contributed by atoms with Gasteiger partial charge in [0.2, 0.25) is 0 Å². The van der Waals surface area contributed by atoms with Crippen LogP contribution in [0, 0.1) is 13.8 Å². The number of hydrogen-bond donors (Lipinski definition) is 5. The third-order valence-corrected chi connectivity index (χ3v) is 4.89. The molecule has 0 fully saturated rings. The molecule has 3 rings (SSSR count). The second-order valence-corrected chi connectivity index (χ2v) is 6.81. The van der Waals surface area contributed by atoms with E-state index in [1.807, 2.05) is 0 Å². The Bertz CT molecular complexity index is 1010. The fourth-order valence-corrected chi connectivity index (χ4v) is 3.57. The van der Waals surface area contributed by atoms with E-state index in [0.29, 0.717) is 39.2 Å². The number of aromatic nitrogens is 4. The number of aromatic amines is 4. The molecule has 0 unspecified atom stereocenters. The molecule has 3 aromatic rings. The summed E-state index contributed by atoms with van der Waals surface area (Å²) in [4.78, 5) is 24.9. The molecule has 0 aliphatic heterocycles. The lowest BCUT2D eigenvalue weighted by molar-refractivity contribution is 0.317. The lowest BCUT2D eigenvalue weighted by atomic mass is 9.85. The normalized spacial score (nSPS) is 11.3. The minimum atomic E-state index is -0.642. The molecule has 1 aromatic carbocycles. The predicted octanol–water partition coefficient (Wildman–Crippen LogP) is 2.38. The molecule has 2 heterocycles. The van der Waals surface area contributed by atoms with Gasteiger partial charge in [-0.2, -0.15) is 0 Å². The van der Waals surface area contributed by atoms with Crippen LogP contribution in [0.3, 0.4) is 0 Å². The predicted molar refractivity (Wildman–Crippen MR) is 100 cm³/mol. The Morgan fingerprint density at radius 3 is 2.00 bits per heavy atom. The molecular weight excluding hydrogens is 404 g/mol. The highest BCUT2D eigenvalue weighted by Gasteiger charge is 2.29. The van der Waals surface area contributed by atoms with Gasteiger partial charge in [-0.1, -0.05) is 0 Å². The summed E-state index contributed by atoms with van der Waals surface area (Å²) >= 11 is 3.32. The number of rotatable bonds is 5. The molecule has 0 aliphatic carbocycles. The van der Waals surface area contributed by atoms with Gasteiger partial charge in [0.15, 0.2) is 11.5 Å². The summed E-state index contributed by atoms with van der Waals surface area (Å²) in [5.74, 6) is -0.402. The minimum absolute atomic E-state index is 0.0336. The molecule has 2 aromatic heterocycles. The van der Waals surface area contributed by atoms with Crippen molar-refractivity contribution in [3.05, 3.63) is 65.4 Å². The Morgan fingerprint density at radius 2 is 1.58 bits per heavy atom. The van der Waals surface area contributed by atoms with Crippen molar-refractivity contribution in [2.24, 2.45) is 0 Å². The van der Waals surface area contributed by atoms with Gasteiger partial charge in [0.05, 0.1) is 22.2 Å². The van der Waals surface area contributed by atoms with Crippen molar-refractivity contribution in [1.82, 2.24) is 20.4 Å². The smallest absolute Gasteiger partial charge is 0.268 e. The standard InChI is InChI=1S/C17H19BrN4O4/c1-4-26-11-6-9(5-10(18)15(11)23)14(12-7(2)19-21-16(12)24)13-8(3)20-22-17(13)25/h5-6,14,23H,4H2,1-3H3,(H2,19,21,24)(H2,20,22,25). The van der Waals surface area contributed by atoms with Crippen molar-refractivity contribution in [2.75, 3.05) is 6.61 Å². The van der Waals surface area contributed by atoms with Crippen LogP contribution in [0.1, 0.15) is 40.9 Å². The number of aryl methyl sites for hydroxylation is 2. The molecule has 0 atom stereocenters. The second-order valence-electron chi connectivity index (χ2n) is 5.95. The van der Waals surface area contributed by atoms with Gasteiger partial charge in [0.1, 0.15) is 0 Å². The lowest BCUT2D eigenvalue weighted by Gasteiger charge is -2.18. The van der Waals surface area contributed by atoms with E-state index >= 15 is 0 Å². The average Bonchev–Trinajstić information content (AvgIpc) is 3.09. The molecule has 26 heavy (non-hydrogen) atoms. The summed E-state index contributed by atoms with van der Waals surface area (Å²) < 4.78 is 5.91. The number of phenols is 1. The summed E-state index contributed by atoms with van der Waals surface area (Å²) in [5.41, 5.74) is 2.13. The summed E-state index contributed by atoms with van der Waals surface area (Å²) in [5, 5.41) is 20.9. The summed E-state index contributed by atoms with van der Waals surface area (Å²) in [7, 11) is 0. The zero-order valence-electron chi connectivity index (χ0n) is 14.5. The monoisotopic (exact) mass is 422 g/mol. The first-order valence-corrected chi connectivity index (χ1v) is 8.83. The third kappa shape index (κ3) is 2.98. The van der Waals surface area contributed by atoms with E-state index in [2.05, 4.69) is 36.3 Å². The number of ether oxygens (including phenoxy) is 1. The van der Waals surface area contributed by atoms with Crippen LogP contribution in [0.5, 0.6) is 11.5 Å². The quantitative estimate of drug-likeness (QED) is 0.432. The first-order valence-electron chi connectivity index (χ1n) is 8.04. The van der Waals surface area contributed by atoms with Crippen molar-refractivity contribution < 1.29 is 9.84 Å². The van der Waals surface area contributed by atoms with Crippen LogP contribution in [0.2, 0.25) is 0 Å². The average molecular weight is 423 g/mol. The second kappa shape index (κ2) is 6.91. The van der Waals surface area contributed by atoms with Crippen LogP contribution in [0.25, 0.3) is 0 Å². The van der Waals surface area contributed by atoms with E-state index in [9.17, 15) is 14.7 Å². The van der Waals surface area contributed by atoms with Crippen molar-refractivity contribution >= 4 is 15.9 Å². The fourth-order valence-electron chi connectivity index (χ4n) is 3.11. The maximum absolute atomic E-state index is 12.4. The van der Waals surface area contributed by atoms with Crippen LogP contribution in [0.4, 0.5) is 0 Å². The summed E-state index contributed by atoms with van der Waals surface area (Å²) in [6.45, 7) is 5.69. The van der Waals surface area contributed by atoms with Crippen molar-refractivity contribution in [3.8, 4) is 11.5 Å². The molecular formula is C17H19BrN4O4. The highest BCUT2D eigenvalue weighted by Crippen LogP contribution is 2.40. The lowest BCUT2D eigenvalue weighted by Crippen LogP contribution is -2.20. The molecule has 5 N–H and O–H groups in total. The number of hydrogen-bond acceptors (Lipinski definition) is 4. The maximum atomic E-state index is 12.4. The molecule has 9 heteroatoms. The minimum Gasteiger partial charge on any atom is -0.503 e. The van der Waals surface area contributed by atoms with Crippen LogP contribution in [0.15, 0.2) is 26.2 Å². The molecule has 0 amide bonds. The molecule has 0 radical (unpaired) electrons. The van der Waals surface area contributed by atoms with Gasteiger partial charge in [0.25, 0.3) is 11.1 Å². The highest BCUT2D eigenvalue weighted by molar-refractivity contribution is 9.10. The molecule has 0 saturated heterocycles. The SMILES string of the molecule is CCOc1cc(C(c2c(C)[nH][nH]c2=O)c2c(C)[nH][nH]c2=O)cc(Br)c1O. The number of phenolic OH excluding ortho intramolecular Hbond substituents is 1. The number of halogens is 1. The van der Waals surface area contributed by atoms with Crippen LogP contribution < -0.4 is 15.9 Å². The van der Waals surface area contributed by atoms with Gasteiger partial charge < -0.3 is 20.0 Å². The van der Waals surface area contributed by atoms with Gasteiger partial charge in [0, 0.05) is 17.3 Å². The molecule has 0 spiro atoms. The number of aromatic hydroxyl groups is 1. The van der Waals surface area contributed by atoms with Crippen molar-refractivity contribution in [2.45, 2.75) is 26.7 Å². The zero-order chi connectivity index (χ0) is 19.0. The van der Waals surface area contributed by atoms with E-state index in [1.54, 1.807) is 32.9 Å². The van der Waals surface area contributed by atoms with Crippen LogP contribution in [-0.4, -0.2) is 32.1 Å². The van der Waals surface area contributed by atoms with E-state index in [0.717, 1.165) is 0 Å². The summed E-state index contributed by atoms with van der Waals surface area (Å²) in [6, 6.07) is 3.33. The van der Waals surface area contributed by atoms with Gasteiger partial charge in [-0.05, 0) is 54.4 Å². The Morgan fingerprint density at radius 1 is 1.04 bits per heavy atom. The zero-order valence-corrected chi connectivity index (χ0v) is 16.1. The van der Waals surface area contributed by atoms with Gasteiger partial charge in [-0.3, -0.25) is 19.8 Å². The largest absolute Gasteiger partial charge is 0.503 e. The van der Waals surface area contributed by atoms with E-state index < -0.39 is 5.92 Å². The fraction of sp³-hybridized carbons (Fsp3) is 0.294. The molecule has 0 aliphatic rings. The highest BCUT2D eigenvalue weighted by atomic mass is 79.9. The Hall–Kier alpha value is -2.68. The van der Waals surface area contributed by atoms with E-state index in [-0.39, 0.29) is 22.6 Å². The topological polar surface area (TPSA) is 127 Å². The van der Waals surface area contributed by atoms with Gasteiger partial charge in [-0.25, -0.2) is 0 Å². The number of nitrogens with one attached hydrogen (secondary N) is 4. The van der Waals surface area contributed by atoms with E-state index in [4.69, 9.17) is 4.74 Å².